The van der Waals surface area contributed by atoms with Crippen LogP contribution >= 0.6 is 0 Å². The number of para-hydroxylation sites is 1. The fraction of sp³-hybridized carbons (Fsp3) is 0.250. The van der Waals surface area contributed by atoms with Gasteiger partial charge in [0, 0.05) is 66.6 Å². The zero-order valence-electron chi connectivity index (χ0n) is 27.4. The van der Waals surface area contributed by atoms with Gasteiger partial charge in [0.15, 0.2) is 0 Å². The normalized spacial score (nSPS) is 16.0. The van der Waals surface area contributed by atoms with E-state index < -0.39 is 0 Å². The van der Waals surface area contributed by atoms with E-state index in [1.807, 2.05) is 65.9 Å². The Labute approximate surface area is 276 Å². The van der Waals surface area contributed by atoms with Crippen molar-refractivity contribution in [2.24, 2.45) is 7.05 Å². The number of benzene rings is 4. The fourth-order valence-corrected chi connectivity index (χ4v) is 7.10. The third-order valence-electron chi connectivity index (χ3n) is 9.91. The number of hydrogen-bond acceptors (Lipinski definition) is 4. The maximum Gasteiger partial charge on any atom is 0.264 e. The van der Waals surface area contributed by atoms with E-state index in [-0.39, 0.29) is 23.6 Å². The Kier molecular flexibility index (Phi) is 7.94. The Balaban J connectivity index is 1.34. The van der Waals surface area contributed by atoms with E-state index in [0.717, 1.165) is 48.6 Å². The van der Waals surface area contributed by atoms with Gasteiger partial charge in [0.25, 0.3) is 11.8 Å². The van der Waals surface area contributed by atoms with Crippen molar-refractivity contribution in [1.82, 2.24) is 14.4 Å². The van der Waals surface area contributed by atoms with Crippen LogP contribution in [0.25, 0.3) is 11.3 Å². The first-order chi connectivity index (χ1) is 22.7. The minimum absolute atomic E-state index is 0.0137. The highest BCUT2D eigenvalue weighted by Crippen LogP contribution is 2.37. The zero-order valence-corrected chi connectivity index (χ0v) is 27.4. The molecule has 0 aliphatic carbocycles. The number of carbonyl (C=O) groups is 2. The molecule has 0 saturated heterocycles. The summed E-state index contributed by atoms with van der Waals surface area (Å²) < 4.78 is 2.04. The predicted octanol–water partition coefficient (Wildman–Crippen LogP) is 7.26. The van der Waals surface area contributed by atoms with Crippen molar-refractivity contribution in [3.05, 3.63) is 136 Å². The van der Waals surface area contributed by atoms with E-state index in [1.54, 1.807) is 29.2 Å². The van der Waals surface area contributed by atoms with E-state index in [9.17, 15) is 14.7 Å². The first-order valence-corrected chi connectivity index (χ1v) is 16.3. The number of nitrogens with zero attached hydrogens (tertiary/aromatic N) is 4. The molecular weight excluding hydrogens is 584 g/mol. The Morgan fingerprint density at radius 1 is 0.766 bits per heavy atom. The standard InChI is InChI=1S/C40H40N4O3/c1-26-20-28-10-8-9-11-30(28)25-43(26)39(46)37-22-31-24-41(3)19-18-29(31)21-36(37)38-23-35(27(2)42(38)4)40(47)44(32-12-6-5-7-13-32)33-14-16-34(45)17-15-33/h5-17,21-23,26,45H,18-20,24-25H2,1-4H3/t26-/m1/s1. The number of carbonyl (C=O) groups excluding carboxylic acids is 2. The molecule has 3 heterocycles. The molecule has 0 saturated carbocycles. The van der Waals surface area contributed by atoms with E-state index in [1.165, 1.54) is 22.3 Å². The van der Waals surface area contributed by atoms with Gasteiger partial charge in [0.1, 0.15) is 5.75 Å². The van der Waals surface area contributed by atoms with Gasteiger partial charge in [-0.15, -0.1) is 0 Å². The number of phenolic OH excluding ortho intramolecular Hbond substituents is 1. The molecule has 0 fully saturated rings. The summed E-state index contributed by atoms with van der Waals surface area (Å²) in [5.74, 6) is -0.0376. The molecular formula is C40H40N4O3. The molecule has 7 heteroatoms. The number of rotatable bonds is 5. The van der Waals surface area contributed by atoms with E-state index in [0.29, 0.717) is 23.4 Å². The van der Waals surface area contributed by atoms with E-state index >= 15 is 0 Å². The molecule has 2 aliphatic rings. The molecule has 47 heavy (non-hydrogen) atoms. The van der Waals surface area contributed by atoms with Gasteiger partial charge in [-0.3, -0.25) is 14.5 Å². The Morgan fingerprint density at radius 2 is 1.45 bits per heavy atom. The molecule has 2 aliphatic heterocycles. The molecule has 1 aromatic heterocycles. The number of likely N-dealkylation sites (N-methyl/N-ethyl adjacent to an activating group) is 1. The lowest BCUT2D eigenvalue weighted by Crippen LogP contribution is -2.43. The van der Waals surface area contributed by atoms with Crippen molar-refractivity contribution in [3.63, 3.8) is 0 Å². The number of anilines is 2. The van der Waals surface area contributed by atoms with Crippen LogP contribution in [0, 0.1) is 6.92 Å². The number of aromatic nitrogens is 1. The van der Waals surface area contributed by atoms with Crippen LogP contribution in [0.2, 0.25) is 0 Å². The van der Waals surface area contributed by atoms with Crippen molar-refractivity contribution < 1.29 is 14.7 Å². The zero-order chi connectivity index (χ0) is 32.8. The molecule has 0 unspecified atom stereocenters. The van der Waals surface area contributed by atoms with Crippen LogP contribution in [0.5, 0.6) is 5.75 Å². The predicted molar refractivity (Wildman–Crippen MR) is 186 cm³/mol. The van der Waals surface area contributed by atoms with Gasteiger partial charge in [0.2, 0.25) is 0 Å². The summed E-state index contributed by atoms with van der Waals surface area (Å²) >= 11 is 0. The second kappa shape index (κ2) is 12.2. The Morgan fingerprint density at radius 3 is 2.19 bits per heavy atom. The van der Waals surface area contributed by atoms with Gasteiger partial charge in [-0.25, -0.2) is 0 Å². The lowest BCUT2D eigenvalue weighted by atomic mass is 9.90. The third-order valence-corrected chi connectivity index (χ3v) is 9.91. The highest BCUT2D eigenvalue weighted by atomic mass is 16.3. The lowest BCUT2D eigenvalue weighted by molar-refractivity contribution is 0.0658. The average molecular weight is 625 g/mol. The second-order valence-corrected chi connectivity index (χ2v) is 13.0. The van der Waals surface area contributed by atoms with Crippen molar-refractivity contribution >= 4 is 23.2 Å². The quantitative estimate of drug-likeness (QED) is 0.224. The van der Waals surface area contributed by atoms with Crippen molar-refractivity contribution in [1.29, 1.82) is 0 Å². The SMILES string of the molecule is Cc1c(C(=O)N(c2ccccc2)c2ccc(O)cc2)cc(-c2cc3c(cc2C(=O)N2Cc4ccccc4C[C@H]2C)CN(C)CC3)n1C. The molecule has 4 aromatic carbocycles. The highest BCUT2D eigenvalue weighted by molar-refractivity contribution is 6.12. The van der Waals surface area contributed by atoms with Gasteiger partial charge in [-0.1, -0.05) is 42.5 Å². The van der Waals surface area contributed by atoms with Gasteiger partial charge in [-0.2, -0.15) is 0 Å². The summed E-state index contributed by atoms with van der Waals surface area (Å²) in [5, 5.41) is 9.96. The van der Waals surface area contributed by atoms with Gasteiger partial charge >= 0.3 is 0 Å². The molecule has 5 aromatic rings. The van der Waals surface area contributed by atoms with Crippen molar-refractivity contribution in [2.75, 3.05) is 18.5 Å². The largest absolute Gasteiger partial charge is 0.508 e. The Hall–Kier alpha value is -5.14. The maximum atomic E-state index is 14.6. The Bertz CT molecular complexity index is 1980. The molecule has 0 spiro atoms. The first kappa shape index (κ1) is 30.5. The molecule has 2 amide bonds. The summed E-state index contributed by atoms with van der Waals surface area (Å²) in [4.78, 5) is 35.1. The number of aromatic hydroxyl groups is 1. The number of amides is 2. The molecule has 1 N–H and O–H groups in total. The number of fused-ring (bicyclic) bond motifs is 2. The topological polar surface area (TPSA) is 69.0 Å². The average Bonchev–Trinajstić information content (AvgIpc) is 3.38. The number of hydrogen-bond donors (Lipinski definition) is 1. The van der Waals surface area contributed by atoms with E-state index in [2.05, 4.69) is 49.2 Å². The van der Waals surface area contributed by atoms with Crippen molar-refractivity contribution in [2.45, 2.75) is 45.8 Å². The van der Waals surface area contributed by atoms with Gasteiger partial charge < -0.3 is 19.5 Å². The van der Waals surface area contributed by atoms with Crippen LogP contribution in [0.15, 0.2) is 97.1 Å². The van der Waals surface area contributed by atoms with Gasteiger partial charge in [-0.05, 0) is 111 Å². The molecule has 0 bridgehead atoms. The molecule has 1 atom stereocenters. The summed E-state index contributed by atoms with van der Waals surface area (Å²) in [6, 6.07) is 30.9. The van der Waals surface area contributed by atoms with Crippen LogP contribution in [-0.2, 0) is 33.0 Å². The fourth-order valence-electron chi connectivity index (χ4n) is 7.10. The minimum atomic E-state index is -0.185. The minimum Gasteiger partial charge on any atom is -0.508 e. The van der Waals surface area contributed by atoms with Crippen LogP contribution in [0.1, 0.15) is 55.6 Å². The maximum absolute atomic E-state index is 14.6. The summed E-state index contributed by atoms with van der Waals surface area (Å²) in [6.45, 7) is 6.40. The number of phenols is 1. The second-order valence-electron chi connectivity index (χ2n) is 13.0. The highest BCUT2D eigenvalue weighted by Gasteiger charge is 2.32. The van der Waals surface area contributed by atoms with E-state index in [4.69, 9.17) is 0 Å². The van der Waals surface area contributed by atoms with Crippen LogP contribution < -0.4 is 4.90 Å². The molecule has 0 radical (unpaired) electrons. The summed E-state index contributed by atoms with van der Waals surface area (Å²) in [7, 11) is 4.09. The van der Waals surface area contributed by atoms with Crippen LogP contribution in [0.4, 0.5) is 11.4 Å². The monoisotopic (exact) mass is 624 g/mol. The third kappa shape index (κ3) is 5.61. The molecule has 7 rings (SSSR count). The molecule has 7 nitrogen and oxygen atoms in total. The van der Waals surface area contributed by atoms with Crippen molar-refractivity contribution in [3.8, 4) is 17.0 Å². The molecule has 238 valence electrons. The summed E-state index contributed by atoms with van der Waals surface area (Å²) in [6.07, 6.45) is 1.72. The lowest BCUT2D eigenvalue weighted by Gasteiger charge is -2.36. The smallest absolute Gasteiger partial charge is 0.264 e. The van der Waals surface area contributed by atoms with Crippen LogP contribution in [-0.4, -0.2) is 50.9 Å². The summed E-state index contributed by atoms with van der Waals surface area (Å²) in [5.41, 5.74) is 10.0. The first-order valence-electron chi connectivity index (χ1n) is 16.3. The van der Waals surface area contributed by atoms with Gasteiger partial charge in [0.05, 0.1) is 5.56 Å². The van der Waals surface area contributed by atoms with Crippen LogP contribution in [0.3, 0.4) is 0 Å².